The van der Waals surface area contributed by atoms with E-state index in [1.807, 2.05) is 75.4 Å². The van der Waals surface area contributed by atoms with E-state index in [4.69, 9.17) is 4.98 Å². The second-order valence-corrected chi connectivity index (χ2v) is 9.36. The largest absolute Gasteiger partial charge is 0.309 e. The van der Waals surface area contributed by atoms with Gasteiger partial charge in [0.25, 0.3) is 11.1 Å². The van der Waals surface area contributed by atoms with Crippen LogP contribution in [0.1, 0.15) is 29.1 Å². The van der Waals surface area contributed by atoms with Gasteiger partial charge < -0.3 is 4.98 Å². The van der Waals surface area contributed by atoms with Crippen molar-refractivity contribution in [3.63, 3.8) is 0 Å². The standard InChI is InChI=1S/C26H22N4O2S/c1-15-12-13-18(14-16(15)2)30-25(32)20-9-5-7-11-22(20)28-26(30)33-17(3)23-27-21-10-6-4-8-19(21)24(31)29-23/h4-14,17H,1-3H3,(H,27,29,31). The number of nitrogens with zero attached hydrogens (tertiary/aromatic N) is 3. The Morgan fingerprint density at radius 1 is 0.848 bits per heavy atom. The predicted molar refractivity (Wildman–Crippen MR) is 133 cm³/mol. The van der Waals surface area contributed by atoms with Crippen LogP contribution in [0.3, 0.4) is 0 Å². The summed E-state index contributed by atoms with van der Waals surface area (Å²) in [6.07, 6.45) is 0. The van der Waals surface area contributed by atoms with Gasteiger partial charge in [0.2, 0.25) is 0 Å². The summed E-state index contributed by atoms with van der Waals surface area (Å²) in [5, 5.41) is 1.41. The van der Waals surface area contributed by atoms with Gasteiger partial charge in [-0.05, 0) is 68.3 Å². The lowest BCUT2D eigenvalue weighted by Crippen LogP contribution is -2.22. The minimum absolute atomic E-state index is 0.126. The second kappa shape index (κ2) is 8.33. The van der Waals surface area contributed by atoms with Crippen molar-refractivity contribution >= 4 is 33.6 Å². The summed E-state index contributed by atoms with van der Waals surface area (Å²) < 4.78 is 1.65. The minimum atomic E-state index is -0.242. The molecule has 164 valence electrons. The first-order valence-corrected chi connectivity index (χ1v) is 11.6. The number of aryl methyl sites for hydroxylation is 2. The van der Waals surface area contributed by atoms with E-state index < -0.39 is 0 Å². The predicted octanol–water partition coefficient (Wildman–Crippen LogP) is 5.09. The van der Waals surface area contributed by atoms with Crippen LogP contribution in [0.5, 0.6) is 0 Å². The number of para-hydroxylation sites is 2. The Labute approximate surface area is 194 Å². The monoisotopic (exact) mass is 454 g/mol. The van der Waals surface area contributed by atoms with Crippen molar-refractivity contribution in [2.24, 2.45) is 0 Å². The van der Waals surface area contributed by atoms with Gasteiger partial charge in [0, 0.05) is 0 Å². The third kappa shape index (κ3) is 3.85. The summed E-state index contributed by atoms with van der Waals surface area (Å²) in [6.45, 7) is 6.02. The van der Waals surface area contributed by atoms with E-state index in [-0.39, 0.29) is 16.4 Å². The average Bonchev–Trinajstić information content (AvgIpc) is 2.81. The fourth-order valence-corrected chi connectivity index (χ4v) is 4.78. The number of hydrogen-bond acceptors (Lipinski definition) is 5. The third-order valence-corrected chi connectivity index (χ3v) is 6.85. The Morgan fingerprint density at radius 3 is 2.24 bits per heavy atom. The third-order valence-electron chi connectivity index (χ3n) is 5.79. The number of fused-ring (bicyclic) bond motifs is 2. The zero-order valence-electron chi connectivity index (χ0n) is 18.5. The molecule has 2 aromatic heterocycles. The van der Waals surface area contributed by atoms with Crippen molar-refractivity contribution in [1.82, 2.24) is 19.5 Å². The maximum absolute atomic E-state index is 13.5. The first kappa shape index (κ1) is 21.2. The molecule has 7 heteroatoms. The van der Waals surface area contributed by atoms with Gasteiger partial charge in [0.15, 0.2) is 5.16 Å². The second-order valence-electron chi connectivity index (χ2n) is 8.05. The number of hydrogen-bond donors (Lipinski definition) is 1. The summed E-state index contributed by atoms with van der Waals surface area (Å²) in [6, 6.07) is 20.5. The fraction of sp³-hybridized carbons (Fsp3) is 0.154. The molecule has 5 rings (SSSR count). The van der Waals surface area contributed by atoms with Gasteiger partial charge in [-0.3, -0.25) is 14.2 Å². The molecule has 6 nitrogen and oxygen atoms in total. The van der Waals surface area contributed by atoms with E-state index >= 15 is 0 Å². The Bertz CT molecular complexity index is 1640. The molecule has 0 amide bonds. The summed E-state index contributed by atoms with van der Waals surface area (Å²) >= 11 is 1.39. The molecule has 5 aromatic rings. The lowest BCUT2D eigenvalue weighted by Gasteiger charge is -2.17. The molecule has 0 spiro atoms. The summed E-state index contributed by atoms with van der Waals surface area (Å²) in [5.74, 6) is 0.540. The highest BCUT2D eigenvalue weighted by Gasteiger charge is 2.19. The maximum atomic E-state index is 13.5. The number of rotatable bonds is 4. The smallest absolute Gasteiger partial charge is 0.266 e. The average molecular weight is 455 g/mol. The molecule has 0 aliphatic rings. The zero-order chi connectivity index (χ0) is 23.1. The molecule has 3 aromatic carbocycles. The highest BCUT2D eigenvalue weighted by molar-refractivity contribution is 7.99. The van der Waals surface area contributed by atoms with Crippen LogP contribution in [-0.2, 0) is 0 Å². The normalized spacial score (nSPS) is 12.3. The van der Waals surface area contributed by atoms with Crippen molar-refractivity contribution in [1.29, 1.82) is 0 Å². The number of thioether (sulfide) groups is 1. The first-order valence-electron chi connectivity index (χ1n) is 10.7. The van der Waals surface area contributed by atoms with E-state index in [9.17, 15) is 9.59 Å². The number of aromatic amines is 1. The number of benzene rings is 3. The van der Waals surface area contributed by atoms with Crippen molar-refractivity contribution < 1.29 is 0 Å². The van der Waals surface area contributed by atoms with Gasteiger partial charge in [0.05, 0.1) is 32.7 Å². The van der Waals surface area contributed by atoms with Crippen molar-refractivity contribution in [3.8, 4) is 5.69 Å². The summed E-state index contributed by atoms with van der Waals surface area (Å²) in [4.78, 5) is 38.5. The molecule has 1 N–H and O–H groups in total. The van der Waals surface area contributed by atoms with Crippen LogP contribution >= 0.6 is 11.8 Å². The van der Waals surface area contributed by atoms with Crippen molar-refractivity contribution in [2.75, 3.05) is 0 Å². The summed E-state index contributed by atoms with van der Waals surface area (Å²) in [5.41, 5.74) is 3.98. The highest BCUT2D eigenvalue weighted by Crippen LogP contribution is 2.33. The van der Waals surface area contributed by atoms with Crippen LogP contribution in [0.2, 0.25) is 0 Å². The number of aromatic nitrogens is 4. The molecule has 0 aliphatic carbocycles. The molecule has 1 atom stereocenters. The van der Waals surface area contributed by atoms with Crippen LogP contribution in [0.25, 0.3) is 27.5 Å². The number of H-pyrrole nitrogens is 1. The Kier molecular flexibility index (Phi) is 5.34. The van der Waals surface area contributed by atoms with E-state index in [2.05, 4.69) is 9.97 Å². The highest BCUT2D eigenvalue weighted by atomic mass is 32.2. The van der Waals surface area contributed by atoms with E-state index in [1.54, 1.807) is 16.7 Å². The summed E-state index contributed by atoms with van der Waals surface area (Å²) in [7, 11) is 0. The van der Waals surface area contributed by atoms with Crippen molar-refractivity contribution in [3.05, 3.63) is 104 Å². The van der Waals surface area contributed by atoms with E-state index in [0.29, 0.717) is 32.8 Å². The van der Waals surface area contributed by atoms with Gasteiger partial charge in [-0.2, -0.15) is 0 Å². The van der Waals surface area contributed by atoms with Crippen LogP contribution in [0.15, 0.2) is 81.5 Å². The fourth-order valence-electron chi connectivity index (χ4n) is 3.79. The van der Waals surface area contributed by atoms with E-state index in [0.717, 1.165) is 16.8 Å². The molecule has 0 saturated heterocycles. The Morgan fingerprint density at radius 2 is 1.52 bits per heavy atom. The Balaban J connectivity index is 1.66. The van der Waals surface area contributed by atoms with E-state index in [1.165, 1.54) is 11.8 Å². The van der Waals surface area contributed by atoms with Crippen LogP contribution < -0.4 is 11.1 Å². The lowest BCUT2D eigenvalue weighted by atomic mass is 10.1. The maximum Gasteiger partial charge on any atom is 0.266 e. The molecule has 0 aliphatic heterocycles. The van der Waals surface area contributed by atoms with Gasteiger partial charge in [-0.25, -0.2) is 9.97 Å². The zero-order valence-corrected chi connectivity index (χ0v) is 19.3. The molecular weight excluding hydrogens is 432 g/mol. The van der Waals surface area contributed by atoms with Crippen LogP contribution in [0.4, 0.5) is 0 Å². The molecule has 1 unspecified atom stereocenters. The lowest BCUT2D eigenvalue weighted by molar-refractivity contribution is 0.808. The molecule has 0 bridgehead atoms. The van der Waals surface area contributed by atoms with Gasteiger partial charge in [-0.1, -0.05) is 42.1 Å². The Hall–Kier alpha value is -3.71. The van der Waals surface area contributed by atoms with Gasteiger partial charge >= 0.3 is 0 Å². The van der Waals surface area contributed by atoms with Crippen LogP contribution in [-0.4, -0.2) is 19.5 Å². The molecule has 0 radical (unpaired) electrons. The molecular formula is C26H22N4O2S. The molecule has 0 fully saturated rings. The molecule has 2 heterocycles. The molecule has 33 heavy (non-hydrogen) atoms. The molecule has 0 saturated carbocycles. The minimum Gasteiger partial charge on any atom is -0.309 e. The van der Waals surface area contributed by atoms with Gasteiger partial charge in [0.1, 0.15) is 5.82 Å². The topological polar surface area (TPSA) is 80.6 Å². The quantitative estimate of drug-likeness (QED) is 0.302. The van der Waals surface area contributed by atoms with Crippen LogP contribution in [0, 0.1) is 13.8 Å². The number of nitrogens with one attached hydrogen (secondary N) is 1. The van der Waals surface area contributed by atoms with Crippen molar-refractivity contribution in [2.45, 2.75) is 31.2 Å². The first-order chi connectivity index (χ1) is 15.9. The van der Waals surface area contributed by atoms with Gasteiger partial charge in [-0.15, -0.1) is 0 Å². The SMILES string of the molecule is Cc1ccc(-n2c(SC(C)c3nc4ccccc4c(=O)[nH]3)nc3ccccc3c2=O)cc1C.